The normalized spacial score (nSPS) is 10.6. The maximum Gasteiger partial charge on any atom is 0.146 e. The number of nitriles is 1. The summed E-state index contributed by atoms with van der Waals surface area (Å²) in [5.74, 6) is -0.498. The topological polar surface area (TPSA) is 33.0 Å². The van der Waals surface area contributed by atoms with Crippen LogP contribution in [0.2, 0.25) is 0 Å². The molecule has 0 spiro atoms. The zero-order valence-corrected chi connectivity index (χ0v) is 10.9. The molecule has 2 aromatic carbocycles. The first-order valence-corrected chi connectivity index (χ1v) is 6.28. The number of nitrogens with zero attached hydrogens (tertiary/aromatic N) is 1. The van der Waals surface area contributed by atoms with Crippen molar-refractivity contribution < 1.29 is 9.13 Å². The average molecular weight is 267 g/mol. The van der Waals surface area contributed by atoms with Gasteiger partial charge in [0.15, 0.2) is 0 Å². The van der Waals surface area contributed by atoms with Crippen molar-refractivity contribution in [3.05, 3.63) is 77.1 Å². The van der Waals surface area contributed by atoms with Crippen LogP contribution in [0.3, 0.4) is 0 Å². The Morgan fingerprint density at radius 2 is 1.90 bits per heavy atom. The fraction of sp³-hybridized carbons (Fsp3) is 0.118. The van der Waals surface area contributed by atoms with Gasteiger partial charge in [-0.05, 0) is 11.6 Å². The maximum absolute atomic E-state index is 13.7. The first kappa shape index (κ1) is 14.0. The van der Waals surface area contributed by atoms with Gasteiger partial charge in [0.05, 0.1) is 18.8 Å². The molecule has 20 heavy (non-hydrogen) atoms. The minimum atomic E-state index is -0.498. The van der Waals surface area contributed by atoms with Crippen LogP contribution in [-0.2, 0) is 11.3 Å². The maximum atomic E-state index is 13.7. The third-order valence-electron chi connectivity index (χ3n) is 2.78. The Morgan fingerprint density at radius 3 is 2.65 bits per heavy atom. The lowest BCUT2D eigenvalue weighted by Gasteiger charge is -2.04. The second kappa shape index (κ2) is 7.22. The van der Waals surface area contributed by atoms with E-state index in [1.807, 2.05) is 48.6 Å². The van der Waals surface area contributed by atoms with Crippen LogP contribution in [0.25, 0.3) is 6.08 Å². The van der Waals surface area contributed by atoms with Gasteiger partial charge in [-0.15, -0.1) is 0 Å². The van der Waals surface area contributed by atoms with Gasteiger partial charge >= 0.3 is 0 Å². The molecule has 0 radical (unpaired) electrons. The van der Waals surface area contributed by atoms with Crippen LogP contribution in [0.4, 0.5) is 4.39 Å². The van der Waals surface area contributed by atoms with Crippen molar-refractivity contribution in [1.82, 2.24) is 0 Å². The monoisotopic (exact) mass is 267 g/mol. The van der Waals surface area contributed by atoms with Gasteiger partial charge < -0.3 is 4.74 Å². The van der Waals surface area contributed by atoms with Crippen molar-refractivity contribution in [1.29, 1.82) is 5.26 Å². The fourth-order valence-electron chi connectivity index (χ4n) is 1.76. The molecule has 0 atom stereocenters. The Kier molecular flexibility index (Phi) is 5.05. The molecule has 100 valence electrons. The Labute approximate surface area is 117 Å². The van der Waals surface area contributed by atoms with E-state index in [2.05, 4.69) is 0 Å². The number of ether oxygens (including phenoxy) is 1. The van der Waals surface area contributed by atoms with Gasteiger partial charge in [0, 0.05) is 5.56 Å². The van der Waals surface area contributed by atoms with Gasteiger partial charge in [0.25, 0.3) is 0 Å². The van der Waals surface area contributed by atoms with Gasteiger partial charge in [-0.25, -0.2) is 4.39 Å². The van der Waals surface area contributed by atoms with Crippen LogP contribution in [0.1, 0.15) is 16.7 Å². The summed E-state index contributed by atoms with van der Waals surface area (Å²) in [4.78, 5) is 0. The molecule has 2 aromatic rings. The highest BCUT2D eigenvalue weighted by Crippen LogP contribution is 2.13. The SMILES string of the molecule is N#Cc1cccc(COC/C=C/c2ccccc2)c1F. The van der Waals surface area contributed by atoms with Crippen molar-refractivity contribution in [3.63, 3.8) is 0 Å². The fourth-order valence-corrected chi connectivity index (χ4v) is 1.76. The molecule has 0 aromatic heterocycles. The first-order valence-electron chi connectivity index (χ1n) is 6.28. The molecular formula is C17H14FNO. The highest BCUT2D eigenvalue weighted by atomic mass is 19.1. The summed E-state index contributed by atoms with van der Waals surface area (Å²) in [6.07, 6.45) is 3.82. The Bertz CT molecular complexity index is 629. The Hall–Kier alpha value is -2.44. The number of rotatable bonds is 5. The minimum absolute atomic E-state index is 0.0472. The second-order valence-electron chi connectivity index (χ2n) is 4.22. The van der Waals surface area contributed by atoms with E-state index in [1.54, 1.807) is 12.1 Å². The second-order valence-corrected chi connectivity index (χ2v) is 4.22. The molecule has 0 bridgehead atoms. The molecule has 0 unspecified atom stereocenters. The van der Waals surface area contributed by atoms with Crippen LogP contribution >= 0.6 is 0 Å². The van der Waals surface area contributed by atoms with Crippen molar-refractivity contribution in [3.8, 4) is 6.07 Å². The summed E-state index contributed by atoms with van der Waals surface area (Å²) in [7, 11) is 0. The van der Waals surface area contributed by atoms with E-state index in [-0.39, 0.29) is 12.2 Å². The zero-order chi connectivity index (χ0) is 14.2. The van der Waals surface area contributed by atoms with E-state index in [9.17, 15) is 4.39 Å². The molecule has 2 nitrogen and oxygen atoms in total. The number of hydrogen-bond donors (Lipinski definition) is 0. The van der Waals surface area contributed by atoms with E-state index < -0.39 is 5.82 Å². The molecule has 0 aliphatic heterocycles. The van der Waals surface area contributed by atoms with Crippen LogP contribution in [0.15, 0.2) is 54.6 Å². The molecule has 0 aliphatic carbocycles. The van der Waals surface area contributed by atoms with Crippen LogP contribution < -0.4 is 0 Å². The van der Waals surface area contributed by atoms with Gasteiger partial charge in [-0.3, -0.25) is 0 Å². The van der Waals surface area contributed by atoms with E-state index in [0.717, 1.165) is 5.56 Å². The van der Waals surface area contributed by atoms with Gasteiger partial charge in [-0.1, -0.05) is 54.6 Å². The van der Waals surface area contributed by atoms with Crippen molar-refractivity contribution >= 4 is 6.08 Å². The summed E-state index contributed by atoms with van der Waals surface area (Å²) in [6.45, 7) is 0.547. The number of benzene rings is 2. The lowest BCUT2D eigenvalue weighted by Crippen LogP contribution is -1.98. The predicted octanol–water partition coefficient (Wildman–Crippen LogP) is 3.93. The van der Waals surface area contributed by atoms with Gasteiger partial charge in [-0.2, -0.15) is 5.26 Å². The molecule has 0 saturated carbocycles. The third kappa shape index (κ3) is 3.78. The zero-order valence-electron chi connectivity index (χ0n) is 10.9. The molecule has 0 amide bonds. The average Bonchev–Trinajstić information content (AvgIpc) is 2.49. The van der Waals surface area contributed by atoms with Crippen LogP contribution in [-0.4, -0.2) is 6.61 Å². The van der Waals surface area contributed by atoms with E-state index >= 15 is 0 Å². The minimum Gasteiger partial charge on any atom is -0.373 e. The van der Waals surface area contributed by atoms with Crippen LogP contribution in [0.5, 0.6) is 0 Å². The summed E-state index contributed by atoms with van der Waals surface area (Å²) in [5, 5.41) is 8.74. The molecule has 3 heteroatoms. The van der Waals surface area contributed by atoms with Gasteiger partial charge in [0.1, 0.15) is 11.9 Å². The Balaban J connectivity index is 1.85. The van der Waals surface area contributed by atoms with E-state index in [0.29, 0.717) is 12.2 Å². The largest absolute Gasteiger partial charge is 0.373 e. The third-order valence-corrected chi connectivity index (χ3v) is 2.78. The lowest BCUT2D eigenvalue weighted by atomic mass is 10.1. The first-order chi connectivity index (χ1) is 9.81. The highest BCUT2D eigenvalue weighted by molar-refractivity contribution is 5.48. The molecule has 0 N–H and O–H groups in total. The molecule has 0 saturated heterocycles. The summed E-state index contributed by atoms with van der Waals surface area (Å²) >= 11 is 0. The summed E-state index contributed by atoms with van der Waals surface area (Å²) in [6, 6.07) is 16.4. The molecule has 2 rings (SSSR count). The summed E-state index contributed by atoms with van der Waals surface area (Å²) in [5.41, 5.74) is 1.54. The molecule has 0 heterocycles. The predicted molar refractivity (Wildman–Crippen MR) is 76.2 cm³/mol. The standard InChI is InChI=1S/C17H14FNO/c18-17-15(12-19)9-4-10-16(17)13-20-11-5-8-14-6-2-1-3-7-14/h1-10H,11,13H2/b8-5+. The molecule has 0 fully saturated rings. The van der Waals surface area contributed by atoms with Gasteiger partial charge in [0.2, 0.25) is 0 Å². The highest BCUT2D eigenvalue weighted by Gasteiger charge is 2.06. The van der Waals surface area contributed by atoms with E-state index in [1.165, 1.54) is 6.07 Å². The molecule has 0 aliphatic rings. The number of halogens is 1. The smallest absolute Gasteiger partial charge is 0.146 e. The quantitative estimate of drug-likeness (QED) is 0.769. The summed E-state index contributed by atoms with van der Waals surface area (Å²) < 4.78 is 19.1. The number of hydrogen-bond acceptors (Lipinski definition) is 2. The van der Waals surface area contributed by atoms with Crippen molar-refractivity contribution in [2.75, 3.05) is 6.61 Å². The van der Waals surface area contributed by atoms with E-state index in [4.69, 9.17) is 10.00 Å². The Morgan fingerprint density at radius 1 is 1.10 bits per heavy atom. The van der Waals surface area contributed by atoms with Crippen molar-refractivity contribution in [2.45, 2.75) is 6.61 Å². The lowest BCUT2D eigenvalue weighted by molar-refractivity contribution is 0.146. The molecular weight excluding hydrogens is 253 g/mol. The van der Waals surface area contributed by atoms with Crippen molar-refractivity contribution in [2.24, 2.45) is 0 Å². The van der Waals surface area contributed by atoms with Crippen LogP contribution in [0, 0.1) is 17.1 Å².